The lowest BCUT2D eigenvalue weighted by molar-refractivity contribution is -0.173. The fourth-order valence-electron chi connectivity index (χ4n) is 3.72. The Labute approximate surface area is 202 Å². The van der Waals surface area contributed by atoms with E-state index in [1.807, 2.05) is 0 Å². The molecular weight excluding hydrogens is 496 g/mol. The smallest absolute Gasteiger partial charge is 0.410 e. The summed E-state index contributed by atoms with van der Waals surface area (Å²) in [6.45, 7) is 0. The van der Waals surface area contributed by atoms with E-state index in [4.69, 9.17) is 32.7 Å². The SMILES string of the molecule is COc1ccc(NC(=O)c2cc3n(n2)[C@@H](C(F)(F)F)C[C@@H](c2ccc(Cl)c(Cl)c2)N3)c(OC)c1. The zero-order chi connectivity index (χ0) is 24.6. The van der Waals surface area contributed by atoms with Gasteiger partial charge in [0.25, 0.3) is 5.91 Å². The zero-order valence-corrected chi connectivity index (χ0v) is 19.4. The minimum absolute atomic E-state index is 0.0523. The van der Waals surface area contributed by atoms with Crippen LogP contribution in [0, 0.1) is 0 Å². The molecule has 1 aliphatic rings. The molecule has 12 heteroatoms. The Hall–Kier alpha value is -3.11. The minimum Gasteiger partial charge on any atom is -0.497 e. The van der Waals surface area contributed by atoms with Crippen molar-refractivity contribution in [2.75, 3.05) is 24.9 Å². The van der Waals surface area contributed by atoms with Gasteiger partial charge in [-0.05, 0) is 29.8 Å². The lowest BCUT2D eigenvalue weighted by Crippen LogP contribution is -2.35. The molecule has 0 aliphatic carbocycles. The molecule has 2 heterocycles. The second kappa shape index (κ2) is 9.27. The number of carbonyl (C=O) groups excluding carboxylic acids is 1. The molecule has 1 aliphatic heterocycles. The maximum atomic E-state index is 13.9. The first kappa shape index (κ1) is 24.0. The van der Waals surface area contributed by atoms with Crippen molar-refractivity contribution in [2.45, 2.75) is 24.7 Å². The van der Waals surface area contributed by atoms with Crippen LogP contribution in [-0.4, -0.2) is 36.1 Å². The number of fused-ring (bicyclic) bond motifs is 1. The summed E-state index contributed by atoms with van der Waals surface area (Å²) in [6.07, 6.45) is -4.94. The molecule has 0 bridgehead atoms. The number of hydrogen-bond donors (Lipinski definition) is 2. The van der Waals surface area contributed by atoms with Gasteiger partial charge in [0, 0.05) is 18.6 Å². The van der Waals surface area contributed by atoms with Crippen molar-refractivity contribution in [2.24, 2.45) is 0 Å². The van der Waals surface area contributed by atoms with Crippen LogP contribution in [0.4, 0.5) is 24.7 Å². The van der Waals surface area contributed by atoms with Crippen LogP contribution in [0.3, 0.4) is 0 Å². The van der Waals surface area contributed by atoms with Crippen molar-refractivity contribution < 1.29 is 27.4 Å². The number of ether oxygens (including phenoxy) is 2. The number of rotatable bonds is 5. The monoisotopic (exact) mass is 514 g/mol. The summed E-state index contributed by atoms with van der Waals surface area (Å²) in [7, 11) is 2.90. The third-order valence-corrected chi connectivity index (χ3v) is 6.16. The lowest BCUT2D eigenvalue weighted by Gasteiger charge is -2.33. The number of nitrogens with one attached hydrogen (secondary N) is 2. The van der Waals surface area contributed by atoms with Crippen LogP contribution in [0.15, 0.2) is 42.5 Å². The van der Waals surface area contributed by atoms with Crippen molar-refractivity contribution in [3.05, 3.63) is 63.8 Å². The Morgan fingerprint density at radius 1 is 1.12 bits per heavy atom. The Balaban J connectivity index is 1.64. The zero-order valence-electron chi connectivity index (χ0n) is 17.9. The van der Waals surface area contributed by atoms with E-state index in [0.717, 1.165) is 4.68 Å². The fraction of sp³-hybridized carbons (Fsp3) is 0.273. The molecule has 2 N–H and O–H groups in total. The van der Waals surface area contributed by atoms with Crippen LogP contribution in [0.2, 0.25) is 10.0 Å². The Bertz CT molecular complexity index is 1230. The molecule has 2 aromatic carbocycles. The highest BCUT2D eigenvalue weighted by Gasteiger charge is 2.47. The first-order chi connectivity index (χ1) is 16.1. The largest absolute Gasteiger partial charge is 0.497 e. The highest BCUT2D eigenvalue weighted by molar-refractivity contribution is 6.42. The van der Waals surface area contributed by atoms with E-state index in [1.165, 1.54) is 32.4 Å². The van der Waals surface area contributed by atoms with E-state index in [-0.39, 0.29) is 23.0 Å². The normalized spacial score (nSPS) is 17.5. The molecule has 34 heavy (non-hydrogen) atoms. The van der Waals surface area contributed by atoms with Crippen molar-refractivity contribution in [3.8, 4) is 11.5 Å². The summed E-state index contributed by atoms with van der Waals surface area (Å²) in [5.74, 6) is 0.191. The van der Waals surface area contributed by atoms with Crippen molar-refractivity contribution in [1.82, 2.24) is 9.78 Å². The van der Waals surface area contributed by atoms with Gasteiger partial charge >= 0.3 is 6.18 Å². The van der Waals surface area contributed by atoms with Crippen molar-refractivity contribution in [1.29, 1.82) is 0 Å². The Morgan fingerprint density at radius 2 is 1.88 bits per heavy atom. The molecule has 7 nitrogen and oxygen atoms in total. The summed E-state index contributed by atoms with van der Waals surface area (Å²) in [5, 5.41) is 10.1. The average Bonchev–Trinajstić information content (AvgIpc) is 3.24. The molecule has 180 valence electrons. The summed E-state index contributed by atoms with van der Waals surface area (Å²) < 4.78 is 52.9. The van der Waals surface area contributed by atoms with Gasteiger partial charge in [-0.25, -0.2) is 4.68 Å². The molecule has 4 rings (SSSR count). The quantitative estimate of drug-likeness (QED) is 0.428. The number of halogens is 5. The average molecular weight is 515 g/mol. The number of nitrogens with zero attached hydrogens (tertiary/aromatic N) is 2. The molecular formula is C22H19Cl2F3N4O3. The van der Waals surface area contributed by atoms with Gasteiger partial charge in [0.15, 0.2) is 11.7 Å². The maximum absolute atomic E-state index is 13.9. The summed E-state index contributed by atoms with van der Waals surface area (Å²) in [4.78, 5) is 12.8. The fourth-order valence-corrected chi connectivity index (χ4v) is 4.03. The second-order valence-electron chi connectivity index (χ2n) is 7.54. The van der Waals surface area contributed by atoms with Crippen LogP contribution in [0.1, 0.15) is 34.6 Å². The number of methoxy groups -OCH3 is 2. The highest BCUT2D eigenvalue weighted by Crippen LogP contribution is 2.44. The molecule has 0 unspecified atom stereocenters. The third-order valence-electron chi connectivity index (χ3n) is 5.43. The predicted octanol–water partition coefficient (Wildman–Crippen LogP) is 6.12. The van der Waals surface area contributed by atoms with E-state index >= 15 is 0 Å². The van der Waals surface area contributed by atoms with Gasteiger partial charge in [-0.15, -0.1) is 0 Å². The standard InChI is InChI=1S/C22H19Cl2F3N4O3/c1-33-12-4-6-15(18(8-12)34-2)29-21(32)17-10-20-28-16(11-3-5-13(23)14(24)7-11)9-19(22(25,26)27)31(20)30-17/h3-8,10,16,19,28H,9H2,1-2H3,(H,29,32)/t16-,19+/m0/s1. The molecule has 0 saturated heterocycles. The third kappa shape index (κ3) is 4.74. The van der Waals surface area contributed by atoms with Gasteiger partial charge in [0.05, 0.1) is 36.0 Å². The summed E-state index contributed by atoms with van der Waals surface area (Å²) in [5.41, 5.74) is 0.655. The second-order valence-corrected chi connectivity index (χ2v) is 8.36. The van der Waals surface area contributed by atoms with E-state index in [9.17, 15) is 18.0 Å². The number of benzene rings is 2. The van der Waals surface area contributed by atoms with Gasteiger partial charge in [-0.2, -0.15) is 18.3 Å². The van der Waals surface area contributed by atoms with Gasteiger partial charge in [-0.1, -0.05) is 29.3 Å². The summed E-state index contributed by atoms with van der Waals surface area (Å²) in [6, 6.07) is 7.99. The van der Waals surface area contributed by atoms with Crippen LogP contribution < -0.4 is 20.1 Å². The summed E-state index contributed by atoms with van der Waals surface area (Å²) >= 11 is 12.0. The van der Waals surface area contributed by atoms with E-state index < -0.39 is 24.2 Å². The first-order valence-corrected chi connectivity index (χ1v) is 10.8. The molecule has 0 radical (unpaired) electrons. The highest BCUT2D eigenvalue weighted by atomic mass is 35.5. The molecule has 1 amide bonds. The van der Waals surface area contributed by atoms with E-state index in [1.54, 1.807) is 24.3 Å². The maximum Gasteiger partial charge on any atom is 0.410 e. The lowest BCUT2D eigenvalue weighted by atomic mass is 9.97. The minimum atomic E-state index is -4.59. The molecule has 2 atom stereocenters. The van der Waals surface area contributed by atoms with Crippen molar-refractivity contribution in [3.63, 3.8) is 0 Å². The number of aromatic nitrogens is 2. The first-order valence-electron chi connectivity index (χ1n) is 10.0. The molecule has 3 aromatic rings. The molecule has 0 fully saturated rings. The number of hydrogen-bond acceptors (Lipinski definition) is 5. The van der Waals surface area contributed by atoms with Crippen LogP contribution in [-0.2, 0) is 0 Å². The number of anilines is 2. The van der Waals surface area contributed by atoms with Crippen molar-refractivity contribution >= 4 is 40.6 Å². The number of amides is 1. The van der Waals surface area contributed by atoms with Gasteiger partial charge in [0.2, 0.25) is 0 Å². The predicted molar refractivity (Wildman–Crippen MR) is 122 cm³/mol. The number of alkyl halides is 3. The van der Waals surface area contributed by atoms with Crippen LogP contribution in [0.25, 0.3) is 0 Å². The van der Waals surface area contributed by atoms with Crippen LogP contribution in [0.5, 0.6) is 11.5 Å². The van der Waals surface area contributed by atoms with E-state index in [2.05, 4.69) is 15.7 Å². The Morgan fingerprint density at radius 3 is 2.53 bits per heavy atom. The van der Waals surface area contributed by atoms with Gasteiger partial charge in [-0.3, -0.25) is 4.79 Å². The molecule has 1 aromatic heterocycles. The Kier molecular flexibility index (Phi) is 6.55. The molecule has 0 saturated carbocycles. The number of carbonyl (C=O) groups is 1. The van der Waals surface area contributed by atoms with Crippen LogP contribution >= 0.6 is 23.2 Å². The van der Waals surface area contributed by atoms with Gasteiger partial charge in [0.1, 0.15) is 17.3 Å². The topological polar surface area (TPSA) is 77.4 Å². The van der Waals surface area contributed by atoms with Gasteiger partial charge < -0.3 is 20.1 Å². The van der Waals surface area contributed by atoms with E-state index in [0.29, 0.717) is 27.8 Å². The molecule has 0 spiro atoms.